The van der Waals surface area contributed by atoms with Gasteiger partial charge in [-0.05, 0) is 35.2 Å². The van der Waals surface area contributed by atoms with Crippen LogP contribution in [0.15, 0.2) is 48.7 Å². The summed E-state index contributed by atoms with van der Waals surface area (Å²) in [5, 5.41) is 22.9. The molecule has 232 valence electrons. The molecule has 14 heteroatoms. The second-order valence-corrected chi connectivity index (χ2v) is 11.7. The first kappa shape index (κ1) is 29.9. The van der Waals surface area contributed by atoms with E-state index in [1.165, 1.54) is 6.92 Å². The fourth-order valence-corrected chi connectivity index (χ4v) is 6.29. The molecule has 4 heterocycles. The molecule has 6 rings (SSSR count). The van der Waals surface area contributed by atoms with Gasteiger partial charge in [-0.3, -0.25) is 19.2 Å². The van der Waals surface area contributed by atoms with Crippen molar-refractivity contribution in [2.75, 3.05) is 11.9 Å². The predicted octanol–water partition coefficient (Wildman–Crippen LogP) is 2.45. The van der Waals surface area contributed by atoms with Gasteiger partial charge in [0.05, 0.1) is 31.0 Å². The summed E-state index contributed by atoms with van der Waals surface area (Å²) in [7, 11) is 0. The van der Waals surface area contributed by atoms with Gasteiger partial charge >= 0.3 is 0 Å². The molecule has 0 bridgehead atoms. The first-order chi connectivity index (χ1) is 21.5. The Balaban J connectivity index is 1.09. The highest BCUT2D eigenvalue weighted by molar-refractivity contribution is 5.94. The van der Waals surface area contributed by atoms with Crippen LogP contribution in [0.2, 0.25) is 0 Å². The largest absolute Gasteiger partial charge is 0.344 e. The molecule has 0 saturated carbocycles. The summed E-state index contributed by atoms with van der Waals surface area (Å²) in [4.78, 5) is 52.8. The number of nitrogens with one attached hydrogen (secondary N) is 2. The third kappa shape index (κ3) is 6.11. The highest BCUT2D eigenvalue weighted by atomic mass is 19.3. The summed E-state index contributed by atoms with van der Waals surface area (Å²) >= 11 is 0. The average molecular weight is 617 g/mol. The van der Waals surface area contributed by atoms with Gasteiger partial charge < -0.3 is 20.4 Å². The number of halogens is 2. The first-order valence-corrected chi connectivity index (χ1v) is 14.5. The molecule has 3 aliphatic rings. The summed E-state index contributed by atoms with van der Waals surface area (Å²) in [6.45, 7) is 1.68. The van der Waals surface area contributed by atoms with Crippen LogP contribution >= 0.6 is 0 Å². The molecule has 1 aromatic heterocycles. The number of anilines is 1. The Labute approximate surface area is 257 Å². The minimum absolute atomic E-state index is 0.00344. The third-order valence-corrected chi connectivity index (χ3v) is 8.50. The van der Waals surface area contributed by atoms with Gasteiger partial charge in [-0.2, -0.15) is 5.26 Å². The van der Waals surface area contributed by atoms with Gasteiger partial charge in [0, 0.05) is 50.0 Å². The Morgan fingerprint density at radius 3 is 2.67 bits per heavy atom. The van der Waals surface area contributed by atoms with Gasteiger partial charge in [0.15, 0.2) is 0 Å². The van der Waals surface area contributed by atoms with Crippen LogP contribution in [-0.2, 0) is 38.8 Å². The molecule has 2 N–H and O–H groups in total. The monoisotopic (exact) mass is 616 g/mol. The summed E-state index contributed by atoms with van der Waals surface area (Å²) in [5.74, 6) is -5.57. The van der Waals surface area contributed by atoms with Crippen molar-refractivity contribution in [3.05, 3.63) is 65.4 Å². The maximum absolute atomic E-state index is 13.9. The highest BCUT2D eigenvalue weighted by Crippen LogP contribution is 2.34. The molecule has 45 heavy (non-hydrogen) atoms. The normalized spacial score (nSPS) is 21.7. The lowest BCUT2D eigenvalue weighted by atomic mass is 9.99. The van der Waals surface area contributed by atoms with Crippen molar-refractivity contribution >= 4 is 29.3 Å². The lowest BCUT2D eigenvalue weighted by Gasteiger charge is -2.22. The number of fused-ring (bicyclic) bond motifs is 1. The van der Waals surface area contributed by atoms with E-state index in [4.69, 9.17) is 0 Å². The van der Waals surface area contributed by atoms with Gasteiger partial charge in [0.1, 0.15) is 12.1 Å². The fourth-order valence-electron chi connectivity index (χ4n) is 6.29. The second kappa shape index (κ2) is 11.7. The van der Waals surface area contributed by atoms with Crippen LogP contribution in [0.25, 0.3) is 11.3 Å². The number of nitriles is 1. The van der Waals surface area contributed by atoms with E-state index >= 15 is 0 Å². The maximum Gasteiger partial charge on any atom is 0.268 e. The van der Waals surface area contributed by atoms with E-state index in [9.17, 15) is 33.2 Å². The van der Waals surface area contributed by atoms with Crippen LogP contribution in [0.5, 0.6) is 0 Å². The fraction of sp³-hybridized carbons (Fsp3) is 0.387. The number of hydrogen-bond acceptors (Lipinski definition) is 7. The Morgan fingerprint density at radius 1 is 1.16 bits per heavy atom. The van der Waals surface area contributed by atoms with E-state index in [0.717, 1.165) is 32.8 Å². The van der Waals surface area contributed by atoms with Crippen LogP contribution < -0.4 is 10.6 Å². The van der Waals surface area contributed by atoms with E-state index in [-0.39, 0.29) is 24.7 Å². The van der Waals surface area contributed by atoms with Crippen LogP contribution in [0.1, 0.15) is 42.9 Å². The van der Waals surface area contributed by atoms with E-state index in [1.807, 2.05) is 30.3 Å². The van der Waals surface area contributed by atoms with E-state index in [1.54, 1.807) is 34.0 Å². The van der Waals surface area contributed by atoms with Crippen molar-refractivity contribution in [1.82, 2.24) is 30.1 Å². The van der Waals surface area contributed by atoms with Crippen LogP contribution in [0.4, 0.5) is 14.5 Å². The van der Waals surface area contributed by atoms with Gasteiger partial charge in [-0.1, -0.05) is 35.5 Å². The number of hydrogen-bond donors (Lipinski definition) is 2. The number of carbonyl (C=O) groups excluding carboxylic acids is 4. The Bertz CT molecular complexity index is 1720. The number of amides is 4. The number of alkyl halides is 2. The molecule has 4 amide bonds. The molecule has 3 aliphatic heterocycles. The Morgan fingerprint density at radius 2 is 1.93 bits per heavy atom. The Hall–Kier alpha value is -5.19. The molecule has 0 unspecified atom stereocenters. The van der Waals surface area contributed by atoms with E-state index < -0.39 is 48.7 Å². The molecule has 2 fully saturated rings. The van der Waals surface area contributed by atoms with Crippen molar-refractivity contribution in [3.8, 4) is 17.3 Å². The molecule has 2 saturated heterocycles. The zero-order chi connectivity index (χ0) is 31.9. The van der Waals surface area contributed by atoms with Gasteiger partial charge in [0.2, 0.25) is 23.6 Å². The maximum atomic E-state index is 13.9. The summed E-state index contributed by atoms with van der Waals surface area (Å²) < 4.78 is 29.5. The third-order valence-electron chi connectivity index (χ3n) is 8.50. The molecule has 0 aliphatic carbocycles. The smallest absolute Gasteiger partial charge is 0.268 e. The topological polar surface area (TPSA) is 153 Å². The molecule has 3 aromatic rings. The summed E-state index contributed by atoms with van der Waals surface area (Å²) in [5.41, 5.74) is 5.24. The number of nitrogens with zero attached hydrogens (tertiary/aromatic N) is 6. The zero-order valence-corrected chi connectivity index (χ0v) is 24.4. The quantitative estimate of drug-likeness (QED) is 0.414. The Kier molecular flexibility index (Phi) is 7.78. The molecule has 2 aromatic carbocycles. The second-order valence-electron chi connectivity index (χ2n) is 11.7. The minimum atomic E-state index is -3.16. The van der Waals surface area contributed by atoms with Gasteiger partial charge in [0.25, 0.3) is 5.92 Å². The lowest BCUT2D eigenvalue weighted by Crippen LogP contribution is -2.46. The van der Waals surface area contributed by atoms with Crippen molar-refractivity contribution in [3.63, 3.8) is 0 Å². The van der Waals surface area contributed by atoms with Crippen LogP contribution in [0.3, 0.4) is 0 Å². The van der Waals surface area contributed by atoms with E-state index in [2.05, 4.69) is 20.9 Å². The van der Waals surface area contributed by atoms with Crippen molar-refractivity contribution in [1.29, 1.82) is 5.26 Å². The molecule has 12 nitrogen and oxygen atoms in total. The highest BCUT2D eigenvalue weighted by Gasteiger charge is 2.50. The SMILES string of the molecule is CC(=O)Nc1ccc(-c2cnnn2Cc2cccc3c2CN(C(=O)C[C@@H]2C[C@@H](C(=O)N4CC(F)(F)C[C@H]4C#N)NC2=O)C3)cc1. The predicted molar refractivity (Wildman–Crippen MR) is 155 cm³/mol. The number of likely N-dealkylation sites (tertiary alicyclic amines) is 1. The number of carbonyl (C=O) groups is 4. The van der Waals surface area contributed by atoms with Gasteiger partial charge in [-0.25, -0.2) is 13.5 Å². The first-order valence-electron chi connectivity index (χ1n) is 14.5. The molecule has 0 spiro atoms. The lowest BCUT2D eigenvalue weighted by molar-refractivity contribution is -0.135. The van der Waals surface area contributed by atoms with Crippen molar-refractivity contribution in [2.45, 2.75) is 63.8 Å². The van der Waals surface area contributed by atoms with Crippen LogP contribution in [0, 0.1) is 17.2 Å². The molecular formula is C31H30F2N8O4. The average Bonchev–Trinajstić information content (AvgIpc) is 3.78. The van der Waals surface area contributed by atoms with Crippen LogP contribution in [-0.4, -0.2) is 73.0 Å². The minimum Gasteiger partial charge on any atom is -0.344 e. The van der Waals surface area contributed by atoms with Gasteiger partial charge in [-0.15, -0.1) is 5.10 Å². The zero-order valence-electron chi connectivity index (χ0n) is 24.4. The molecular weight excluding hydrogens is 586 g/mol. The standard InChI is InChI=1S/C31H30F2N8O4/c1-18(42)36-23-7-5-19(6-8-23)27-13-35-38-41(27)15-21-4-2-3-20-14-39(16-25(20)21)28(43)10-22-9-26(37-29(22)44)30(45)40-17-31(32,33)11-24(40)12-34/h2-8,13,22,24,26H,9-11,14-17H2,1H3,(H,36,42)(H,37,44)/t22-,24-,26-/m0/s1. The van der Waals surface area contributed by atoms with Crippen molar-refractivity contribution < 1.29 is 28.0 Å². The number of rotatable bonds is 7. The number of aromatic nitrogens is 3. The number of benzene rings is 2. The van der Waals surface area contributed by atoms with Crippen molar-refractivity contribution in [2.24, 2.45) is 5.92 Å². The summed E-state index contributed by atoms with van der Waals surface area (Å²) in [6, 6.07) is 12.6. The molecule has 3 atom stereocenters. The van der Waals surface area contributed by atoms with E-state index in [0.29, 0.717) is 25.3 Å². The summed E-state index contributed by atoms with van der Waals surface area (Å²) in [6.07, 6.45) is 0.794. The molecule has 0 radical (unpaired) electrons.